The first-order chi connectivity index (χ1) is 9.63. The topological polar surface area (TPSA) is 52.1 Å². The minimum absolute atomic E-state index is 0.338. The Labute approximate surface area is 132 Å². The molecule has 7 heteroatoms. The minimum Gasteiger partial charge on any atom is -0.461 e. The van der Waals surface area contributed by atoms with Crippen LogP contribution in [0.2, 0.25) is 0 Å². The molecule has 112 valence electrons. The lowest BCUT2D eigenvalue weighted by Gasteiger charge is -2.01. The molecule has 4 nitrogen and oxygen atoms in total. The maximum atomic E-state index is 11.2. The molecule has 0 spiro atoms. The summed E-state index contributed by atoms with van der Waals surface area (Å²) < 4.78 is 6.96. The standard InChI is InChI=1S/C13H20N2O2S3/c1-4-5-6-8-18-12-14-15-13(20-12)19-9-7-17-11(16)10(2)3/h2,4-9H2,1,3H3. The van der Waals surface area contributed by atoms with Crippen LogP contribution in [-0.2, 0) is 9.53 Å². The Kier molecular flexibility index (Phi) is 8.97. The van der Waals surface area contributed by atoms with E-state index in [4.69, 9.17) is 4.74 Å². The van der Waals surface area contributed by atoms with Gasteiger partial charge >= 0.3 is 5.97 Å². The molecule has 0 saturated carbocycles. The molecule has 0 aliphatic carbocycles. The highest BCUT2D eigenvalue weighted by atomic mass is 32.2. The van der Waals surface area contributed by atoms with Crippen molar-refractivity contribution in [2.24, 2.45) is 0 Å². The van der Waals surface area contributed by atoms with Gasteiger partial charge in [-0.05, 0) is 13.3 Å². The molecule has 0 atom stereocenters. The number of thioether (sulfide) groups is 2. The third kappa shape index (κ3) is 7.31. The molecule has 0 aliphatic heterocycles. The van der Waals surface area contributed by atoms with Gasteiger partial charge in [-0.25, -0.2) is 4.79 Å². The fourth-order valence-corrected chi connectivity index (χ4v) is 4.19. The van der Waals surface area contributed by atoms with Gasteiger partial charge in [0.05, 0.1) is 0 Å². The molecule has 0 unspecified atom stereocenters. The average Bonchev–Trinajstić information content (AvgIpc) is 2.87. The van der Waals surface area contributed by atoms with Crippen LogP contribution in [0.1, 0.15) is 33.1 Å². The van der Waals surface area contributed by atoms with Gasteiger partial charge in [-0.2, -0.15) is 0 Å². The van der Waals surface area contributed by atoms with Gasteiger partial charge in [-0.15, -0.1) is 10.2 Å². The van der Waals surface area contributed by atoms with Gasteiger partial charge in [0.2, 0.25) is 0 Å². The first-order valence-electron chi connectivity index (χ1n) is 6.55. The number of nitrogens with zero attached hydrogens (tertiary/aromatic N) is 2. The number of ether oxygens (including phenoxy) is 1. The van der Waals surface area contributed by atoms with E-state index in [1.165, 1.54) is 19.3 Å². The van der Waals surface area contributed by atoms with Crippen molar-refractivity contribution in [1.82, 2.24) is 10.2 Å². The van der Waals surface area contributed by atoms with Crippen LogP contribution >= 0.6 is 34.9 Å². The largest absolute Gasteiger partial charge is 0.461 e. The van der Waals surface area contributed by atoms with E-state index < -0.39 is 0 Å². The van der Waals surface area contributed by atoms with Crippen molar-refractivity contribution in [2.75, 3.05) is 18.1 Å². The second kappa shape index (κ2) is 10.2. The van der Waals surface area contributed by atoms with E-state index in [0.29, 0.717) is 17.9 Å². The average molecular weight is 333 g/mol. The number of esters is 1. The van der Waals surface area contributed by atoms with E-state index in [2.05, 4.69) is 23.7 Å². The van der Waals surface area contributed by atoms with Crippen molar-refractivity contribution in [3.63, 3.8) is 0 Å². The van der Waals surface area contributed by atoms with Gasteiger partial charge in [-0.3, -0.25) is 0 Å². The van der Waals surface area contributed by atoms with Crippen molar-refractivity contribution < 1.29 is 9.53 Å². The number of unbranched alkanes of at least 4 members (excludes halogenated alkanes) is 2. The highest BCUT2D eigenvalue weighted by Crippen LogP contribution is 2.29. The van der Waals surface area contributed by atoms with Crippen LogP contribution in [0, 0.1) is 0 Å². The molecule has 20 heavy (non-hydrogen) atoms. The molecule has 0 bridgehead atoms. The first kappa shape index (κ1) is 17.5. The van der Waals surface area contributed by atoms with Gasteiger partial charge in [0.1, 0.15) is 6.61 Å². The van der Waals surface area contributed by atoms with Crippen molar-refractivity contribution in [3.05, 3.63) is 12.2 Å². The van der Waals surface area contributed by atoms with Gasteiger partial charge in [0.15, 0.2) is 8.68 Å². The molecule has 0 N–H and O–H groups in total. The Morgan fingerprint density at radius 3 is 2.50 bits per heavy atom. The van der Waals surface area contributed by atoms with Crippen LogP contribution in [0.4, 0.5) is 0 Å². The Morgan fingerprint density at radius 2 is 1.90 bits per heavy atom. The van der Waals surface area contributed by atoms with E-state index in [0.717, 1.165) is 14.4 Å². The van der Waals surface area contributed by atoms with Crippen LogP contribution in [0.5, 0.6) is 0 Å². The molecule has 0 fully saturated rings. The molecule has 1 aromatic rings. The van der Waals surface area contributed by atoms with Gasteiger partial charge in [0.25, 0.3) is 0 Å². The molecule has 0 aromatic carbocycles. The fraction of sp³-hybridized carbons (Fsp3) is 0.615. The summed E-state index contributed by atoms with van der Waals surface area (Å²) in [5.74, 6) is 1.45. The third-order valence-electron chi connectivity index (χ3n) is 2.25. The van der Waals surface area contributed by atoms with Crippen molar-refractivity contribution >= 4 is 40.8 Å². The zero-order chi connectivity index (χ0) is 14.8. The quantitative estimate of drug-likeness (QED) is 0.279. The Morgan fingerprint density at radius 1 is 1.25 bits per heavy atom. The number of aromatic nitrogens is 2. The second-order valence-electron chi connectivity index (χ2n) is 4.15. The maximum Gasteiger partial charge on any atom is 0.333 e. The molecule has 0 amide bonds. The molecular formula is C13H20N2O2S3. The molecule has 1 heterocycles. The fourth-order valence-electron chi connectivity index (χ4n) is 1.21. The van der Waals surface area contributed by atoms with Crippen LogP contribution in [-0.4, -0.2) is 34.3 Å². The van der Waals surface area contributed by atoms with E-state index in [-0.39, 0.29) is 5.97 Å². The van der Waals surface area contributed by atoms with Crippen LogP contribution in [0.3, 0.4) is 0 Å². The van der Waals surface area contributed by atoms with E-state index in [9.17, 15) is 4.79 Å². The first-order valence-corrected chi connectivity index (χ1v) is 9.34. The predicted octanol–water partition coefficient (Wildman–Crippen LogP) is 4.03. The molecular weight excluding hydrogens is 312 g/mol. The molecule has 1 rings (SSSR count). The lowest BCUT2D eigenvalue weighted by Crippen LogP contribution is -2.07. The summed E-state index contributed by atoms with van der Waals surface area (Å²) >= 11 is 4.93. The Hall–Kier alpha value is -0.530. The van der Waals surface area contributed by atoms with Gasteiger partial charge in [-0.1, -0.05) is 61.2 Å². The minimum atomic E-state index is -0.338. The van der Waals surface area contributed by atoms with E-state index >= 15 is 0 Å². The van der Waals surface area contributed by atoms with Gasteiger partial charge in [0, 0.05) is 17.1 Å². The van der Waals surface area contributed by atoms with Crippen molar-refractivity contribution in [1.29, 1.82) is 0 Å². The molecule has 0 aliphatic rings. The van der Waals surface area contributed by atoms with Gasteiger partial charge < -0.3 is 4.74 Å². The summed E-state index contributed by atoms with van der Waals surface area (Å²) in [5.41, 5.74) is 0.427. The summed E-state index contributed by atoms with van der Waals surface area (Å²) in [6, 6.07) is 0. The third-order valence-corrected chi connectivity index (χ3v) is 5.49. The van der Waals surface area contributed by atoms with Crippen LogP contribution in [0.15, 0.2) is 20.8 Å². The number of rotatable bonds is 10. The van der Waals surface area contributed by atoms with Crippen LogP contribution < -0.4 is 0 Å². The summed E-state index contributed by atoms with van der Waals surface area (Å²) in [4.78, 5) is 11.2. The summed E-state index contributed by atoms with van der Waals surface area (Å²) in [6.45, 7) is 7.74. The predicted molar refractivity (Wildman–Crippen MR) is 86.7 cm³/mol. The lowest BCUT2D eigenvalue weighted by atomic mass is 10.3. The lowest BCUT2D eigenvalue weighted by molar-refractivity contribution is -0.138. The Balaban J connectivity index is 2.17. The molecule has 0 radical (unpaired) electrons. The number of carbonyl (C=O) groups excluding carboxylic acids is 1. The smallest absolute Gasteiger partial charge is 0.333 e. The number of hydrogen-bond donors (Lipinski definition) is 0. The Bertz CT molecular complexity index is 435. The maximum absolute atomic E-state index is 11.2. The van der Waals surface area contributed by atoms with E-state index in [1.54, 1.807) is 41.8 Å². The number of carbonyl (C=O) groups is 1. The normalized spacial score (nSPS) is 10.5. The summed E-state index contributed by atoms with van der Waals surface area (Å²) in [7, 11) is 0. The summed E-state index contributed by atoms with van der Waals surface area (Å²) in [6.07, 6.45) is 3.72. The highest BCUT2D eigenvalue weighted by molar-refractivity contribution is 8.03. The zero-order valence-electron chi connectivity index (χ0n) is 11.9. The van der Waals surface area contributed by atoms with Crippen molar-refractivity contribution in [3.8, 4) is 0 Å². The SMILES string of the molecule is C=C(C)C(=O)OCCSc1nnc(SCCCCC)s1. The van der Waals surface area contributed by atoms with E-state index in [1.807, 2.05) is 0 Å². The summed E-state index contributed by atoms with van der Waals surface area (Å²) in [5, 5.41) is 8.26. The van der Waals surface area contributed by atoms with Crippen LogP contribution in [0.25, 0.3) is 0 Å². The highest BCUT2D eigenvalue weighted by Gasteiger charge is 2.07. The molecule has 1 aromatic heterocycles. The monoisotopic (exact) mass is 332 g/mol. The number of hydrogen-bond acceptors (Lipinski definition) is 7. The molecule has 0 saturated heterocycles. The second-order valence-corrected chi connectivity index (χ2v) is 7.82. The van der Waals surface area contributed by atoms with Crippen molar-refractivity contribution in [2.45, 2.75) is 41.8 Å². The zero-order valence-corrected chi connectivity index (χ0v) is 14.3.